The van der Waals surface area contributed by atoms with E-state index in [1.54, 1.807) is 0 Å². The smallest absolute Gasteiger partial charge is 0.137 e. The number of hydrogen-bond acceptors (Lipinski definition) is 2. The van der Waals surface area contributed by atoms with Gasteiger partial charge in [-0.3, -0.25) is 0 Å². The van der Waals surface area contributed by atoms with Gasteiger partial charge in [0.1, 0.15) is 11.2 Å². The van der Waals surface area contributed by atoms with Gasteiger partial charge in [0.15, 0.2) is 0 Å². The van der Waals surface area contributed by atoms with E-state index in [4.69, 9.17) is 4.42 Å². The Hall–Kier alpha value is -6.94. The molecule has 3 heterocycles. The molecule has 1 aliphatic carbocycles. The second-order valence-corrected chi connectivity index (χ2v) is 16.8. The van der Waals surface area contributed by atoms with Crippen molar-refractivity contribution in [2.24, 2.45) is 0 Å². The molecule has 13 rings (SSSR count). The first-order chi connectivity index (χ1) is 28.1. The highest BCUT2D eigenvalue weighted by atomic mass is 32.1. The molecule has 12 aromatic rings. The lowest BCUT2D eigenvalue weighted by Crippen LogP contribution is -2.23. The van der Waals surface area contributed by atoms with Crippen LogP contribution in [0.5, 0.6) is 0 Å². The van der Waals surface area contributed by atoms with Gasteiger partial charge in [-0.25, -0.2) is 0 Å². The molecule has 0 saturated carbocycles. The Balaban J connectivity index is 1.27. The van der Waals surface area contributed by atoms with Gasteiger partial charge in [0.05, 0.1) is 16.4 Å². The second-order valence-electron chi connectivity index (χ2n) is 15.7. The summed E-state index contributed by atoms with van der Waals surface area (Å²) in [4.78, 5) is 0. The third-order valence-corrected chi connectivity index (χ3v) is 14.0. The molecule has 0 spiro atoms. The minimum atomic E-state index is -0.449. The lowest BCUT2D eigenvalue weighted by molar-refractivity contribution is 0.669. The van der Waals surface area contributed by atoms with Gasteiger partial charge in [0.2, 0.25) is 0 Å². The summed E-state index contributed by atoms with van der Waals surface area (Å²) in [6.07, 6.45) is 0. The van der Waals surface area contributed by atoms with Crippen LogP contribution in [0, 0.1) is 0 Å². The van der Waals surface area contributed by atoms with E-state index in [2.05, 4.69) is 193 Å². The summed E-state index contributed by atoms with van der Waals surface area (Å²) < 4.78 is 12.0. The highest BCUT2D eigenvalue weighted by Gasteiger charge is 2.45. The molecule has 2 nitrogen and oxygen atoms in total. The minimum absolute atomic E-state index is 0.449. The number of rotatable bonds is 3. The van der Waals surface area contributed by atoms with Gasteiger partial charge >= 0.3 is 0 Å². The largest absolute Gasteiger partial charge is 0.456 e. The van der Waals surface area contributed by atoms with Crippen LogP contribution in [0.15, 0.2) is 186 Å². The molecule has 0 radical (unpaired) electrons. The van der Waals surface area contributed by atoms with Gasteiger partial charge < -0.3 is 8.98 Å². The van der Waals surface area contributed by atoms with Crippen molar-refractivity contribution in [2.45, 2.75) is 12.3 Å². The molecule has 266 valence electrons. The molecule has 0 amide bonds. The Morgan fingerprint density at radius 2 is 1.21 bits per heavy atom. The number of furan rings is 1. The summed E-state index contributed by atoms with van der Waals surface area (Å²) in [6.45, 7) is 2.45. The van der Waals surface area contributed by atoms with Crippen LogP contribution >= 0.6 is 11.3 Å². The number of fused-ring (bicyclic) bond motifs is 15. The van der Waals surface area contributed by atoms with Crippen molar-refractivity contribution in [2.75, 3.05) is 0 Å². The number of benzene rings is 9. The Bertz CT molecular complexity index is 3640. The van der Waals surface area contributed by atoms with Crippen LogP contribution < -0.4 is 0 Å². The highest BCUT2D eigenvalue weighted by Crippen LogP contribution is 2.59. The van der Waals surface area contributed by atoms with Crippen LogP contribution in [0.1, 0.15) is 23.6 Å². The van der Waals surface area contributed by atoms with Crippen LogP contribution in [0.25, 0.3) is 103 Å². The number of aromatic nitrogens is 1. The lowest BCUT2D eigenvalue weighted by atomic mass is 9.73. The minimum Gasteiger partial charge on any atom is -0.456 e. The first-order valence-corrected chi connectivity index (χ1v) is 20.5. The molecular formula is C54H33NOS. The summed E-state index contributed by atoms with van der Waals surface area (Å²) >= 11 is 1.87. The first-order valence-electron chi connectivity index (χ1n) is 19.7. The van der Waals surface area contributed by atoms with E-state index in [0.717, 1.165) is 27.6 Å². The monoisotopic (exact) mass is 743 g/mol. The zero-order valence-electron chi connectivity index (χ0n) is 31.1. The van der Waals surface area contributed by atoms with Crippen LogP contribution in [0.2, 0.25) is 0 Å². The SMILES string of the molecule is CC1(c2ccccc2)c2ccccc2-c2c(-c3ccc4sc5ccccc5c4c3)cc3c4ccc5oc6cc7ccccc7cc6c5c4n(-c4ccccc4)c3c21. The van der Waals surface area contributed by atoms with Gasteiger partial charge in [-0.05, 0) is 117 Å². The molecule has 57 heavy (non-hydrogen) atoms. The molecule has 0 N–H and O–H groups in total. The highest BCUT2D eigenvalue weighted by molar-refractivity contribution is 7.25. The number of thiophene rings is 1. The fourth-order valence-corrected chi connectivity index (χ4v) is 11.4. The Morgan fingerprint density at radius 3 is 2.07 bits per heavy atom. The van der Waals surface area contributed by atoms with Crippen molar-refractivity contribution < 1.29 is 4.42 Å². The van der Waals surface area contributed by atoms with E-state index >= 15 is 0 Å². The lowest BCUT2D eigenvalue weighted by Gasteiger charge is -2.30. The van der Waals surface area contributed by atoms with Crippen molar-refractivity contribution in [1.82, 2.24) is 4.57 Å². The fourth-order valence-electron chi connectivity index (χ4n) is 10.3. The van der Waals surface area contributed by atoms with E-state index < -0.39 is 5.41 Å². The van der Waals surface area contributed by atoms with Crippen molar-refractivity contribution in [3.8, 4) is 27.9 Å². The molecule has 3 aromatic heterocycles. The molecule has 1 atom stereocenters. The molecule has 3 heteroatoms. The quantitative estimate of drug-likeness (QED) is 0.176. The molecule has 0 aliphatic heterocycles. The van der Waals surface area contributed by atoms with E-state index in [1.165, 1.54) is 91.7 Å². The Morgan fingerprint density at radius 1 is 0.491 bits per heavy atom. The van der Waals surface area contributed by atoms with Gasteiger partial charge in [-0.1, -0.05) is 121 Å². The molecule has 0 fully saturated rings. The topological polar surface area (TPSA) is 18.1 Å². The summed E-state index contributed by atoms with van der Waals surface area (Å²) in [5.74, 6) is 0. The molecule has 0 saturated heterocycles. The zero-order chi connectivity index (χ0) is 37.4. The molecule has 9 aromatic carbocycles. The van der Waals surface area contributed by atoms with Crippen molar-refractivity contribution in [3.63, 3.8) is 0 Å². The third kappa shape index (κ3) is 4.14. The number of hydrogen-bond donors (Lipinski definition) is 0. The van der Waals surface area contributed by atoms with Crippen LogP contribution in [-0.4, -0.2) is 4.57 Å². The standard InChI is InChI=1S/C54H33NOS/c1-54(35-16-4-2-5-17-35)44-22-12-10-21-39(44)49-40(34-24-27-48-41(29-34)37-20-11-13-23-47(37)57-48)31-42-38-25-26-45-50(43-28-32-14-8-9-15-33(32)30-46(43)56-45)52(38)55(53(42)51(49)54)36-18-6-3-7-19-36/h2-31H,1H3. The van der Waals surface area contributed by atoms with Crippen molar-refractivity contribution >= 4 is 86.0 Å². The maximum atomic E-state index is 6.76. The summed E-state index contributed by atoms with van der Waals surface area (Å²) in [5.41, 5.74) is 13.9. The van der Waals surface area contributed by atoms with Crippen LogP contribution in [0.4, 0.5) is 0 Å². The van der Waals surface area contributed by atoms with Crippen LogP contribution in [0.3, 0.4) is 0 Å². The van der Waals surface area contributed by atoms with E-state index in [9.17, 15) is 0 Å². The summed E-state index contributed by atoms with van der Waals surface area (Å²) in [6, 6.07) is 67.3. The normalized spacial score (nSPS) is 15.2. The van der Waals surface area contributed by atoms with Gasteiger partial charge in [-0.2, -0.15) is 0 Å². The van der Waals surface area contributed by atoms with Crippen molar-refractivity contribution in [3.05, 3.63) is 199 Å². The van der Waals surface area contributed by atoms with E-state index in [1.807, 2.05) is 11.3 Å². The Labute approximate surface area is 332 Å². The molecular weight excluding hydrogens is 711 g/mol. The number of para-hydroxylation sites is 1. The fraction of sp³-hybridized carbons (Fsp3) is 0.0370. The molecule has 0 bridgehead atoms. The summed E-state index contributed by atoms with van der Waals surface area (Å²) in [7, 11) is 0. The number of nitrogens with zero attached hydrogens (tertiary/aromatic N) is 1. The van der Waals surface area contributed by atoms with Crippen LogP contribution in [-0.2, 0) is 5.41 Å². The average Bonchev–Trinajstić information content (AvgIpc) is 4.00. The van der Waals surface area contributed by atoms with Gasteiger partial charge in [0, 0.05) is 47.4 Å². The Kier molecular flexibility index (Phi) is 6.21. The maximum absolute atomic E-state index is 6.76. The van der Waals surface area contributed by atoms with Gasteiger partial charge in [0.25, 0.3) is 0 Å². The van der Waals surface area contributed by atoms with E-state index in [-0.39, 0.29) is 0 Å². The molecule has 1 unspecified atom stereocenters. The third-order valence-electron chi connectivity index (χ3n) is 12.8. The second kappa shape index (κ2) is 11.3. The van der Waals surface area contributed by atoms with Gasteiger partial charge in [-0.15, -0.1) is 11.3 Å². The van der Waals surface area contributed by atoms with E-state index in [0.29, 0.717) is 0 Å². The summed E-state index contributed by atoms with van der Waals surface area (Å²) in [5, 5.41) is 9.75. The predicted molar refractivity (Wildman–Crippen MR) is 241 cm³/mol. The molecule has 1 aliphatic rings. The maximum Gasteiger partial charge on any atom is 0.137 e. The predicted octanol–water partition coefficient (Wildman–Crippen LogP) is 15.2. The zero-order valence-corrected chi connectivity index (χ0v) is 31.9. The first kappa shape index (κ1) is 31.3. The van der Waals surface area contributed by atoms with Crippen molar-refractivity contribution in [1.29, 1.82) is 0 Å². The average molecular weight is 744 g/mol.